The Labute approximate surface area is 114 Å². The first-order valence-corrected chi connectivity index (χ1v) is 7.22. The minimum absolute atomic E-state index is 0.400. The van der Waals surface area contributed by atoms with Gasteiger partial charge in [0.15, 0.2) is 5.65 Å². The fourth-order valence-corrected chi connectivity index (χ4v) is 2.53. The molecule has 2 aromatic rings. The zero-order valence-corrected chi connectivity index (χ0v) is 11.8. The lowest BCUT2D eigenvalue weighted by atomic mass is 9.92. The molecule has 104 valence electrons. The van der Waals surface area contributed by atoms with Crippen LogP contribution in [0.5, 0.6) is 0 Å². The monoisotopic (exact) mass is 261 g/mol. The number of nitrogen functional groups attached to an aromatic ring is 1. The normalized spacial score (nSPS) is 12.9. The number of rotatable bonds is 7. The smallest absolute Gasteiger partial charge is 0.224 e. The molecular weight excluding hydrogens is 238 g/mol. The molecule has 5 nitrogen and oxygen atoms in total. The summed E-state index contributed by atoms with van der Waals surface area (Å²) in [6.45, 7) is 4.46. The molecule has 19 heavy (non-hydrogen) atoms. The summed E-state index contributed by atoms with van der Waals surface area (Å²) in [5.74, 6) is 0.917. The molecular formula is C14H23N5. The van der Waals surface area contributed by atoms with Gasteiger partial charge in [-0.3, -0.25) is 0 Å². The third-order valence-electron chi connectivity index (χ3n) is 3.70. The van der Waals surface area contributed by atoms with Crippen LogP contribution in [0.2, 0.25) is 0 Å². The van der Waals surface area contributed by atoms with E-state index >= 15 is 0 Å². The lowest BCUT2D eigenvalue weighted by Crippen LogP contribution is -2.04. The second kappa shape index (κ2) is 6.50. The molecule has 0 saturated heterocycles. The van der Waals surface area contributed by atoms with Gasteiger partial charge in [0.25, 0.3) is 0 Å². The molecule has 0 saturated carbocycles. The highest BCUT2D eigenvalue weighted by molar-refractivity contribution is 5.50. The van der Waals surface area contributed by atoms with Gasteiger partial charge in [0.05, 0.1) is 6.20 Å². The fourth-order valence-electron chi connectivity index (χ4n) is 2.53. The van der Waals surface area contributed by atoms with Crippen molar-refractivity contribution in [3.63, 3.8) is 0 Å². The molecule has 2 N–H and O–H groups in total. The summed E-state index contributed by atoms with van der Waals surface area (Å²) in [6.07, 6.45) is 10.9. The quantitative estimate of drug-likeness (QED) is 0.777. The molecule has 0 amide bonds. The molecule has 2 rings (SSSR count). The standard InChI is InChI=1S/C14H23N5/c1-3-5-6-7-8-11(4-2)12-9-18-19-13(12)16-10-17-14(19)15/h9-11H,3-8H2,1-2H3,(H2,15,16,17). The second-order valence-corrected chi connectivity index (χ2v) is 5.02. The number of hydrogen-bond donors (Lipinski definition) is 1. The highest BCUT2D eigenvalue weighted by Gasteiger charge is 2.16. The van der Waals surface area contributed by atoms with Gasteiger partial charge in [-0.25, -0.2) is 9.97 Å². The molecule has 0 fully saturated rings. The van der Waals surface area contributed by atoms with Gasteiger partial charge >= 0.3 is 0 Å². The van der Waals surface area contributed by atoms with E-state index in [1.54, 1.807) is 4.52 Å². The van der Waals surface area contributed by atoms with Crippen molar-refractivity contribution in [1.82, 2.24) is 19.6 Å². The summed E-state index contributed by atoms with van der Waals surface area (Å²) in [4.78, 5) is 8.28. The van der Waals surface area contributed by atoms with Crippen LogP contribution in [0.15, 0.2) is 12.5 Å². The Kier molecular flexibility index (Phi) is 4.71. The van der Waals surface area contributed by atoms with Crippen LogP contribution in [0.1, 0.15) is 63.9 Å². The van der Waals surface area contributed by atoms with Gasteiger partial charge in [-0.15, -0.1) is 0 Å². The Hall–Kier alpha value is -1.65. The van der Waals surface area contributed by atoms with Crippen LogP contribution in [-0.2, 0) is 0 Å². The lowest BCUT2D eigenvalue weighted by Gasteiger charge is -2.13. The molecule has 2 aromatic heterocycles. The molecule has 2 heterocycles. The molecule has 0 radical (unpaired) electrons. The first kappa shape index (κ1) is 13.8. The maximum Gasteiger partial charge on any atom is 0.224 e. The van der Waals surface area contributed by atoms with E-state index in [-0.39, 0.29) is 0 Å². The van der Waals surface area contributed by atoms with Crippen LogP contribution in [0.3, 0.4) is 0 Å². The highest BCUT2D eigenvalue weighted by Crippen LogP contribution is 2.28. The Balaban J connectivity index is 2.14. The molecule has 0 spiro atoms. The summed E-state index contributed by atoms with van der Waals surface area (Å²) in [5.41, 5.74) is 7.86. The number of hydrogen-bond acceptors (Lipinski definition) is 4. The highest BCUT2D eigenvalue weighted by atomic mass is 15.3. The first-order valence-electron chi connectivity index (χ1n) is 7.22. The minimum atomic E-state index is 0.400. The topological polar surface area (TPSA) is 69.1 Å². The Morgan fingerprint density at radius 3 is 2.79 bits per heavy atom. The van der Waals surface area contributed by atoms with Crippen molar-refractivity contribution in [1.29, 1.82) is 0 Å². The van der Waals surface area contributed by atoms with Crippen molar-refractivity contribution < 1.29 is 0 Å². The van der Waals surface area contributed by atoms with Crippen molar-refractivity contribution in [2.75, 3.05) is 5.73 Å². The van der Waals surface area contributed by atoms with E-state index in [0.717, 1.165) is 12.1 Å². The predicted molar refractivity (Wildman–Crippen MR) is 77.0 cm³/mol. The van der Waals surface area contributed by atoms with Crippen molar-refractivity contribution in [2.24, 2.45) is 0 Å². The number of nitrogens with zero attached hydrogens (tertiary/aromatic N) is 4. The zero-order chi connectivity index (χ0) is 13.7. The van der Waals surface area contributed by atoms with Crippen LogP contribution in [0, 0.1) is 0 Å². The number of nitrogens with two attached hydrogens (primary N) is 1. The van der Waals surface area contributed by atoms with Crippen LogP contribution in [0.4, 0.5) is 5.95 Å². The maximum atomic E-state index is 5.80. The van der Waals surface area contributed by atoms with Crippen LogP contribution in [0.25, 0.3) is 5.65 Å². The molecule has 0 aromatic carbocycles. The van der Waals surface area contributed by atoms with Gasteiger partial charge in [-0.05, 0) is 18.8 Å². The van der Waals surface area contributed by atoms with Crippen molar-refractivity contribution in [3.05, 3.63) is 18.1 Å². The SMILES string of the molecule is CCCCCCC(CC)c1cnn2c(N)ncnc12. The third-order valence-corrected chi connectivity index (χ3v) is 3.70. The first-order chi connectivity index (χ1) is 9.27. The van der Waals surface area contributed by atoms with Crippen LogP contribution < -0.4 is 5.73 Å². The molecule has 0 aliphatic rings. The molecule has 5 heteroatoms. The summed E-state index contributed by atoms with van der Waals surface area (Å²) < 4.78 is 1.63. The molecule has 0 aliphatic carbocycles. The minimum Gasteiger partial charge on any atom is -0.368 e. The van der Waals surface area contributed by atoms with Gasteiger partial charge in [0.1, 0.15) is 6.33 Å². The van der Waals surface area contributed by atoms with Gasteiger partial charge in [0, 0.05) is 5.56 Å². The molecule has 1 unspecified atom stereocenters. The average molecular weight is 261 g/mol. The van der Waals surface area contributed by atoms with E-state index in [4.69, 9.17) is 5.73 Å². The largest absolute Gasteiger partial charge is 0.368 e. The number of anilines is 1. The van der Waals surface area contributed by atoms with Crippen molar-refractivity contribution in [2.45, 2.75) is 58.3 Å². The van der Waals surface area contributed by atoms with E-state index in [0.29, 0.717) is 11.9 Å². The van der Waals surface area contributed by atoms with E-state index in [1.165, 1.54) is 44.0 Å². The molecule has 1 atom stereocenters. The molecule has 0 bridgehead atoms. The average Bonchev–Trinajstić information content (AvgIpc) is 2.84. The predicted octanol–water partition coefficient (Wildman–Crippen LogP) is 3.17. The summed E-state index contributed by atoms with van der Waals surface area (Å²) >= 11 is 0. The van der Waals surface area contributed by atoms with Crippen molar-refractivity contribution >= 4 is 11.6 Å². The van der Waals surface area contributed by atoms with Gasteiger partial charge in [0.2, 0.25) is 5.95 Å². The number of fused-ring (bicyclic) bond motifs is 1. The number of unbranched alkanes of at least 4 members (excludes halogenated alkanes) is 3. The van der Waals surface area contributed by atoms with E-state index in [2.05, 4.69) is 28.9 Å². The second-order valence-electron chi connectivity index (χ2n) is 5.02. The summed E-state index contributed by atoms with van der Waals surface area (Å²) in [6, 6.07) is 0. The van der Waals surface area contributed by atoms with Gasteiger partial charge in [-0.2, -0.15) is 9.61 Å². The fraction of sp³-hybridized carbons (Fsp3) is 0.643. The van der Waals surface area contributed by atoms with E-state index in [1.807, 2.05) is 6.20 Å². The van der Waals surface area contributed by atoms with Gasteiger partial charge < -0.3 is 5.73 Å². The van der Waals surface area contributed by atoms with Crippen LogP contribution in [-0.4, -0.2) is 19.6 Å². The van der Waals surface area contributed by atoms with Gasteiger partial charge in [-0.1, -0.05) is 39.5 Å². The maximum absolute atomic E-state index is 5.80. The number of aromatic nitrogens is 4. The molecule has 0 aliphatic heterocycles. The Bertz CT molecular complexity index is 520. The van der Waals surface area contributed by atoms with E-state index in [9.17, 15) is 0 Å². The zero-order valence-electron chi connectivity index (χ0n) is 11.8. The summed E-state index contributed by atoms with van der Waals surface area (Å²) in [5, 5.41) is 4.30. The Morgan fingerprint density at radius 1 is 1.21 bits per heavy atom. The van der Waals surface area contributed by atoms with Crippen molar-refractivity contribution in [3.8, 4) is 0 Å². The van der Waals surface area contributed by atoms with Crippen LogP contribution >= 0.6 is 0 Å². The Morgan fingerprint density at radius 2 is 2.05 bits per heavy atom. The summed E-state index contributed by atoms with van der Waals surface area (Å²) in [7, 11) is 0. The lowest BCUT2D eigenvalue weighted by molar-refractivity contribution is 0.544. The van der Waals surface area contributed by atoms with E-state index < -0.39 is 0 Å². The third kappa shape index (κ3) is 3.03.